The van der Waals surface area contributed by atoms with E-state index in [4.69, 9.17) is 40.8 Å². The number of nitrogens with zero attached hydrogens (tertiary/aromatic N) is 8. The van der Waals surface area contributed by atoms with Crippen molar-refractivity contribution in [1.29, 1.82) is 0 Å². The predicted octanol–water partition coefficient (Wildman–Crippen LogP) is 4.56. The van der Waals surface area contributed by atoms with Crippen molar-refractivity contribution in [3.8, 4) is 0 Å². The Balaban J connectivity index is 1.97. The number of imide groups is 1. The van der Waals surface area contributed by atoms with Crippen molar-refractivity contribution in [3.63, 3.8) is 0 Å². The van der Waals surface area contributed by atoms with Crippen LogP contribution >= 0.6 is 11.6 Å². The Morgan fingerprint density at radius 1 is 1.16 bits per heavy atom. The number of morpholine rings is 1. The SMILES string of the molecule is C=C(C=NC(=NC)N(C(=O)OC(C)(C)C)C(=O)OC(C)(C)C)C1=NC(N2CCOC[C@@H]2C)C2N=C(Cl)N(CC(C)C)C2=N1. The van der Waals surface area contributed by atoms with Gasteiger partial charge in [0.25, 0.3) is 0 Å². The van der Waals surface area contributed by atoms with Gasteiger partial charge in [-0.25, -0.2) is 29.6 Å². The van der Waals surface area contributed by atoms with Crippen LogP contribution in [-0.2, 0) is 14.2 Å². The minimum absolute atomic E-state index is 0.0909. The van der Waals surface area contributed by atoms with E-state index >= 15 is 0 Å². The van der Waals surface area contributed by atoms with Crippen LogP contribution in [0.5, 0.6) is 0 Å². The molecule has 3 aliphatic heterocycles. The number of ether oxygens (including phenoxy) is 3. The lowest BCUT2D eigenvalue weighted by Gasteiger charge is -2.40. The zero-order valence-corrected chi connectivity index (χ0v) is 27.7. The molecule has 0 bridgehead atoms. The molecule has 3 atom stereocenters. The smallest absolute Gasteiger partial charge is 0.427 e. The molecule has 0 saturated carbocycles. The van der Waals surface area contributed by atoms with E-state index in [2.05, 4.69) is 42.2 Å². The van der Waals surface area contributed by atoms with Gasteiger partial charge in [-0.15, -0.1) is 4.90 Å². The molecule has 238 valence electrons. The largest absolute Gasteiger partial charge is 0.443 e. The van der Waals surface area contributed by atoms with E-state index in [1.807, 2.05) is 4.90 Å². The van der Waals surface area contributed by atoms with Gasteiger partial charge in [-0.3, -0.25) is 9.89 Å². The summed E-state index contributed by atoms with van der Waals surface area (Å²) in [6.45, 7) is 23.0. The van der Waals surface area contributed by atoms with Crippen LogP contribution in [0.15, 0.2) is 37.1 Å². The normalized spacial score (nSPS) is 23.5. The van der Waals surface area contributed by atoms with Crippen molar-refractivity contribution in [2.24, 2.45) is 30.9 Å². The summed E-state index contributed by atoms with van der Waals surface area (Å²) in [4.78, 5) is 53.9. The number of guanidine groups is 1. The Labute approximate surface area is 259 Å². The fraction of sp³-hybridized carbons (Fsp3) is 0.690. The van der Waals surface area contributed by atoms with E-state index in [-0.39, 0.29) is 18.0 Å². The first-order chi connectivity index (χ1) is 19.9. The molecule has 43 heavy (non-hydrogen) atoms. The van der Waals surface area contributed by atoms with E-state index in [1.165, 1.54) is 13.3 Å². The van der Waals surface area contributed by atoms with E-state index in [9.17, 15) is 9.59 Å². The monoisotopic (exact) mass is 620 g/mol. The number of carbonyl (C=O) groups is 2. The van der Waals surface area contributed by atoms with Crippen molar-refractivity contribution in [2.75, 3.05) is 33.4 Å². The van der Waals surface area contributed by atoms with Gasteiger partial charge in [0.1, 0.15) is 29.2 Å². The Morgan fingerprint density at radius 2 is 1.77 bits per heavy atom. The van der Waals surface area contributed by atoms with Gasteiger partial charge >= 0.3 is 12.2 Å². The van der Waals surface area contributed by atoms with Gasteiger partial charge in [-0.05, 0) is 66.0 Å². The van der Waals surface area contributed by atoms with Crippen LogP contribution in [0.4, 0.5) is 9.59 Å². The molecule has 13 nitrogen and oxygen atoms in total. The minimum atomic E-state index is -0.980. The molecule has 3 rings (SSSR count). The maximum absolute atomic E-state index is 13.1. The third-order valence-corrected chi connectivity index (χ3v) is 6.55. The Bertz CT molecular complexity index is 1220. The second kappa shape index (κ2) is 13.6. The molecule has 1 fully saturated rings. The highest BCUT2D eigenvalue weighted by Gasteiger charge is 2.44. The van der Waals surface area contributed by atoms with E-state index in [1.54, 1.807) is 41.5 Å². The van der Waals surface area contributed by atoms with Crippen molar-refractivity contribution < 1.29 is 23.8 Å². The lowest BCUT2D eigenvalue weighted by molar-refractivity contribution is -0.0216. The quantitative estimate of drug-likeness (QED) is 0.250. The van der Waals surface area contributed by atoms with Crippen LogP contribution in [0.3, 0.4) is 0 Å². The second-order valence-electron chi connectivity index (χ2n) is 12.9. The minimum Gasteiger partial charge on any atom is -0.443 e. The molecular formula is C29H45ClN8O5. The Morgan fingerprint density at radius 3 is 2.28 bits per heavy atom. The molecule has 2 unspecified atom stereocenters. The number of carbonyl (C=O) groups excluding carboxylic acids is 2. The van der Waals surface area contributed by atoms with Gasteiger partial charge in [-0.1, -0.05) is 20.4 Å². The van der Waals surface area contributed by atoms with Crippen LogP contribution < -0.4 is 0 Å². The Hall–Kier alpha value is -3.16. The third-order valence-electron chi connectivity index (χ3n) is 6.25. The number of fused-ring (bicyclic) bond motifs is 1. The van der Waals surface area contributed by atoms with Crippen LogP contribution in [0, 0.1) is 5.92 Å². The highest BCUT2D eigenvalue weighted by Crippen LogP contribution is 2.29. The third kappa shape index (κ3) is 8.93. The molecule has 0 aromatic heterocycles. The summed E-state index contributed by atoms with van der Waals surface area (Å²) < 4.78 is 16.6. The molecule has 0 aliphatic carbocycles. The predicted molar refractivity (Wildman–Crippen MR) is 170 cm³/mol. The van der Waals surface area contributed by atoms with Crippen LogP contribution in [0.25, 0.3) is 0 Å². The van der Waals surface area contributed by atoms with Gasteiger partial charge in [0.05, 0.1) is 13.2 Å². The number of rotatable bonds is 5. The van der Waals surface area contributed by atoms with Gasteiger partial charge in [-0.2, -0.15) is 0 Å². The number of amides is 2. The van der Waals surface area contributed by atoms with E-state index < -0.39 is 29.6 Å². The van der Waals surface area contributed by atoms with Gasteiger partial charge < -0.3 is 19.1 Å². The molecule has 3 aliphatic rings. The number of aliphatic imine (C=N–C) groups is 5. The average molecular weight is 621 g/mol. The van der Waals surface area contributed by atoms with Crippen LogP contribution in [-0.4, -0.2) is 119 Å². The summed E-state index contributed by atoms with van der Waals surface area (Å²) in [7, 11) is 1.40. The number of hydrogen-bond donors (Lipinski definition) is 0. The molecular weight excluding hydrogens is 576 g/mol. The van der Waals surface area contributed by atoms with Crippen LogP contribution in [0.1, 0.15) is 62.3 Å². The first-order valence-electron chi connectivity index (χ1n) is 14.4. The van der Waals surface area contributed by atoms with Gasteiger partial charge in [0.2, 0.25) is 5.96 Å². The van der Waals surface area contributed by atoms with Gasteiger partial charge in [0.15, 0.2) is 11.1 Å². The highest BCUT2D eigenvalue weighted by molar-refractivity contribution is 6.66. The summed E-state index contributed by atoms with van der Waals surface area (Å²) >= 11 is 6.62. The van der Waals surface area contributed by atoms with Crippen molar-refractivity contribution in [1.82, 2.24) is 14.7 Å². The molecule has 1 saturated heterocycles. The maximum atomic E-state index is 13.1. The van der Waals surface area contributed by atoms with Crippen LogP contribution in [0.2, 0.25) is 0 Å². The van der Waals surface area contributed by atoms with Crippen molar-refractivity contribution in [2.45, 2.75) is 91.8 Å². The molecule has 2 amide bonds. The van der Waals surface area contributed by atoms with Crippen molar-refractivity contribution >= 4 is 52.9 Å². The molecule has 0 spiro atoms. The molecule has 0 radical (unpaired) electrons. The van der Waals surface area contributed by atoms with E-state index in [0.717, 1.165) is 0 Å². The topological polar surface area (TPSA) is 133 Å². The first kappa shape index (κ1) is 34.3. The fourth-order valence-corrected chi connectivity index (χ4v) is 4.76. The Kier molecular flexibility index (Phi) is 10.9. The molecule has 0 aromatic carbocycles. The summed E-state index contributed by atoms with van der Waals surface area (Å²) in [6, 6.07) is -0.295. The van der Waals surface area contributed by atoms with Crippen molar-refractivity contribution in [3.05, 3.63) is 12.2 Å². The number of hydrogen-bond acceptors (Lipinski definition) is 11. The summed E-state index contributed by atoms with van der Waals surface area (Å²) in [5.74, 6) is 1.05. The molecule has 0 N–H and O–H groups in total. The zero-order chi connectivity index (χ0) is 32.3. The summed E-state index contributed by atoms with van der Waals surface area (Å²) in [5.41, 5.74) is -1.44. The number of amidine groups is 3. The standard InChI is InChI=1S/C29H45ClN8O5/c1-17(2)15-37-23-20(33-24(37)30)22(36-12-13-41-16-19(36)4)34-21(35-23)18(3)14-32-25(31-11)38(26(39)42-28(5,6)7)27(40)43-29(8,9)10/h14,17,19-20,22H,3,12-13,15-16H2,1-2,4-11H3/t19-,20?,22?/m0/s1. The summed E-state index contributed by atoms with van der Waals surface area (Å²) in [6.07, 6.45) is -0.993. The first-order valence-corrected chi connectivity index (χ1v) is 14.8. The highest BCUT2D eigenvalue weighted by atomic mass is 35.5. The van der Waals surface area contributed by atoms with Gasteiger partial charge in [0, 0.05) is 38.0 Å². The molecule has 3 heterocycles. The maximum Gasteiger partial charge on any atom is 0.427 e. The van der Waals surface area contributed by atoms with E-state index in [0.29, 0.717) is 59.7 Å². The fourth-order valence-electron chi connectivity index (χ4n) is 4.50. The lowest BCUT2D eigenvalue weighted by atomic mass is 10.1. The molecule has 0 aromatic rings. The average Bonchev–Trinajstić information content (AvgIpc) is 3.18. The zero-order valence-electron chi connectivity index (χ0n) is 26.9. The lowest BCUT2D eigenvalue weighted by Crippen LogP contribution is -2.56. The second-order valence-corrected chi connectivity index (χ2v) is 13.3. The number of halogens is 1. The summed E-state index contributed by atoms with van der Waals surface area (Å²) in [5, 5.41) is 0.366. The molecule has 14 heteroatoms.